The van der Waals surface area contributed by atoms with Crippen LogP contribution in [0.15, 0.2) is 18.2 Å². The zero-order valence-corrected chi connectivity index (χ0v) is 6.75. The Labute approximate surface area is 71.6 Å². The quantitative estimate of drug-likeness (QED) is 0.612. The van der Waals surface area contributed by atoms with Crippen LogP contribution >= 0.6 is 0 Å². The normalized spacial score (nSPS) is 20.2. The van der Waals surface area contributed by atoms with Crippen molar-refractivity contribution < 1.29 is 0 Å². The van der Waals surface area contributed by atoms with E-state index in [2.05, 4.69) is 6.07 Å². The lowest BCUT2D eigenvalue weighted by molar-refractivity contribution is 0.721. The molecule has 1 aliphatic rings. The molecule has 2 rings (SSSR count). The van der Waals surface area contributed by atoms with Crippen molar-refractivity contribution in [3.8, 4) is 6.07 Å². The van der Waals surface area contributed by atoms with Gasteiger partial charge < -0.3 is 5.73 Å². The van der Waals surface area contributed by atoms with E-state index in [9.17, 15) is 0 Å². The van der Waals surface area contributed by atoms with E-state index in [1.54, 1.807) is 0 Å². The summed E-state index contributed by atoms with van der Waals surface area (Å²) in [7, 11) is 0. The first-order chi connectivity index (χ1) is 5.79. The Morgan fingerprint density at radius 2 is 2.08 bits per heavy atom. The van der Waals surface area contributed by atoms with Gasteiger partial charge in [0.2, 0.25) is 0 Å². The van der Waals surface area contributed by atoms with Gasteiger partial charge in [-0.15, -0.1) is 0 Å². The van der Waals surface area contributed by atoms with Crippen LogP contribution in [0.1, 0.15) is 16.7 Å². The number of nitriles is 1. The van der Waals surface area contributed by atoms with Gasteiger partial charge in [0.25, 0.3) is 0 Å². The molecule has 0 fully saturated rings. The molecule has 2 heteroatoms. The molecule has 60 valence electrons. The molecule has 2 N–H and O–H groups in total. The molecular weight excluding hydrogens is 148 g/mol. The summed E-state index contributed by atoms with van der Waals surface area (Å²) in [6, 6.07) is 8.21. The molecule has 0 heterocycles. The largest absolute Gasteiger partial charge is 0.327 e. The molecule has 1 atom stereocenters. The molecule has 0 spiro atoms. The minimum absolute atomic E-state index is 0.258. The Morgan fingerprint density at radius 1 is 1.33 bits per heavy atom. The van der Waals surface area contributed by atoms with Crippen LogP contribution in [0.3, 0.4) is 0 Å². The fourth-order valence-electron chi connectivity index (χ4n) is 1.72. The SMILES string of the molecule is N#Cc1ccc2c(c1)C[C@H](N)C2. The first kappa shape index (κ1) is 7.33. The predicted molar refractivity (Wildman–Crippen MR) is 46.5 cm³/mol. The van der Waals surface area contributed by atoms with Crippen molar-refractivity contribution in [1.82, 2.24) is 0 Å². The van der Waals surface area contributed by atoms with Crippen molar-refractivity contribution in [2.45, 2.75) is 18.9 Å². The maximum absolute atomic E-state index is 8.65. The van der Waals surface area contributed by atoms with Gasteiger partial charge in [-0.2, -0.15) is 5.26 Å². The number of rotatable bonds is 0. The number of nitrogens with two attached hydrogens (primary N) is 1. The fraction of sp³-hybridized carbons (Fsp3) is 0.300. The molecule has 1 aromatic rings. The third kappa shape index (κ3) is 1.09. The number of hydrogen-bond acceptors (Lipinski definition) is 2. The molecule has 12 heavy (non-hydrogen) atoms. The van der Waals surface area contributed by atoms with Crippen LogP contribution in [0.5, 0.6) is 0 Å². The van der Waals surface area contributed by atoms with E-state index >= 15 is 0 Å². The molecule has 0 aromatic heterocycles. The molecular formula is C10H10N2. The van der Waals surface area contributed by atoms with Crippen molar-refractivity contribution in [2.75, 3.05) is 0 Å². The number of hydrogen-bond donors (Lipinski definition) is 1. The number of fused-ring (bicyclic) bond motifs is 1. The monoisotopic (exact) mass is 158 g/mol. The number of nitrogens with zero attached hydrogens (tertiary/aromatic N) is 1. The van der Waals surface area contributed by atoms with E-state index in [4.69, 9.17) is 11.0 Å². The molecule has 0 saturated heterocycles. The second kappa shape index (κ2) is 2.62. The van der Waals surface area contributed by atoms with Crippen LogP contribution in [0.2, 0.25) is 0 Å². The van der Waals surface area contributed by atoms with Gasteiger partial charge in [0.05, 0.1) is 11.6 Å². The molecule has 0 saturated carbocycles. The van der Waals surface area contributed by atoms with Crippen molar-refractivity contribution >= 4 is 0 Å². The highest BCUT2D eigenvalue weighted by molar-refractivity contribution is 5.41. The van der Waals surface area contributed by atoms with Crippen molar-refractivity contribution in [3.05, 3.63) is 34.9 Å². The van der Waals surface area contributed by atoms with E-state index in [-0.39, 0.29) is 6.04 Å². The van der Waals surface area contributed by atoms with Gasteiger partial charge >= 0.3 is 0 Å². The second-order valence-corrected chi connectivity index (χ2v) is 3.26. The van der Waals surface area contributed by atoms with Gasteiger partial charge in [0.1, 0.15) is 0 Å². The van der Waals surface area contributed by atoms with Gasteiger partial charge in [-0.3, -0.25) is 0 Å². The Kier molecular flexibility index (Phi) is 1.60. The van der Waals surface area contributed by atoms with E-state index in [0.29, 0.717) is 0 Å². The summed E-state index contributed by atoms with van der Waals surface area (Å²) in [5.74, 6) is 0. The summed E-state index contributed by atoms with van der Waals surface area (Å²) in [5, 5.41) is 8.65. The van der Waals surface area contributed by atoms with Crippen LogP contribution < -0.4 is 5.73 Å². The maximum Gasteiger partial charge on any atom is 0.0991 e. The molecule has 0 aliphatic heterocycles. The van der Waals surface area contributed by atoms with Gasteiger partial charge in [-0.1, -0.05) is 6.07 Å². The third-order valence-corrected chi connectivity index (χ3v) is 2.30. The Balaban J connectivity index is 2.44. The topological polar surface area (TPSA) is 49.8 Å². The van der Waals surface area contributed by atoms with Gasteiger partial charge in [-0.25, -0.2) is 0 Å². The van der Waals surface area contributed by atoms with Gasteiger partial charge in [0.15, 0.2) is 0 Å². The smallest absolute Gasteiger partial charge is 0.0991 e. The van der Waals surface area contributed by atoms with Gasteiger partial charge in [-0.05, 0) is 36.1 Å². The molecule has 0 radical (unpaired) electrons. The summed E-state index contributed by atoms with van der Waals surface area (Å²) in [6.45, 7) is 0. The minimum atomic E-state index is 0.258. The average Bonchev–Trinajstić information content (AvgIpc) is 2.43. The summed E-state index contributed by atoms with van der Waals surface area (Å²) < 4.78 is 0. The van der Waals surface area contributed by atoms with Crippen molar-refractivity contribution in [3.63, 3.8) is 0 Å². The molecule has 1 aliphatic carbocycles. The van der Waals surface area contributed by atoms with E-state index < -0.39 is 0 Å². The third-order valence-electron chi connectivity index (χ3n) is 2.30. The Morgan fingerprint density at radius 3 is 2.83 bits per heavy atom. The van der Waals surface area contributed by atoms with Crippen LogP contribution in [0.25, 0.3) is 0 Å². The van der Waals surface area contributed by atoms with Crippen LogP contribution in [-0.2, 0) is 12.8 Å². The first-order valence-electron chi connectivity index (χ1n) is 4.07. The maximum atomic E-state index is 8.65. The van der Waals surface area contributed by atoms with E-state index in [1.807, 2.05) is 18.2 Å². The zero-order chi connectivity index (χ0) is 8.55. The Hall–Kier alpha value is -1.33. The van der Waals surface area contributed by atoms with E-state index in [1.165, 1.54) is 11.1 Å². The van der Waals surface area contributed by atoms with Crippen LogP contribution in [0, 0.1) is 11.3 Å². The van der Waals surface area contributed by atoms with Gasteiger partial charge in [0, 0.05) is 6.04 Å². The lowest BCUT2D eigenvalue weighted by Crippen LogP contribution is -2.18. The Bertz CT molecular complexity index is 349. The lowest BCUT2D eigenvalue weighted by Gasteiger charge is -1.96. The fourth-order valence-corrected chi connectivity index (χ4v) is 1.72. The summed E-state index contributed by atoms with van der Waals surface area (Å²) in [6.07, 6.45) is 1.88. The van der Waals surface area contributed by atoms with E-state index in [0.717, 1.165) is 18.4 Å². The summed E-state index contributed by atoms with van der Waals surface area (Å²) >= 11 is 0. The molecule has 0 unspecified atom stereocenters. The molecule has 1 aromatic carbocycles. The molecule has 2 nitrogen and oxygen atoms in total. The number of benzene rings is 1. The standard InChI is InChI=1S/C10H10N2/c11-6-7-1-2-8-4-10(12)5-9(8)3-7/h1-3,10H,4-5,12H2/t10-/m1/s1. The highest BCUT2D eigenvalue weighted by Crippen LogP contribution is 2.21. The highest BCUT2D eigenvalue weighted by Gasteiger charge is 2.17. The summed E-state index contributed by atoms with van der Waals surface area (Å²) in [5.41, 5.74) is 9.09. The molecule has 0 bridgehead atoms. The summed E-state index contributed by atoms with van der Waals surface area (Å²) in [4.78, 5) is 0. The minimum Gasteiger partial charge on any atom is -0.327 e. The van der Waals surface area contributed by atoms with Crippen molar-refractivity contribution in [2.24, 2.45) is 5.73 Å². The molecule has 0 amide bonds. The second-order valence-electron chi connectivity index (χ2n) is 3.26. The van der Waals surface area contributed by atoms with Crippen LogP contribution in [-0.4, -0.2) is 6.04 Å². The average molecular weight is 158 g/mol. The first-order valence-corrected chi connectivity index (χ1v) is 4.07. The highest BCUT2D eigenvalue weighted by atomic mass is 14.6. The van der Waals surface area contributed by atoms with Crippen molar-refractivity contribution in [1.29, 1.82) is 5.26 Å². The lowest BCUT2D eigenvalue weighted by atomic mass is 10.1. The zero-order valence-electron chi connectivity index (χ0n) is 6.75. The van der Waals surface area contributed by atoms with Crippen LogP contribution in [0.4, 0.5) is 0 Å². The predicted octanol–water partition coefficient (Wildman–Crippen LogP) is 0.984.